The average molecular weight is 1070 g/mol. The summed E-state index contributed by atoms with van der Waals surface area (Å²) in [5.74, 6) is 0. The number of fused-ring (bicyclic) bond motifs is 7. The molecule has 0 saturated heterocycles. The first-order valence-electron chi connectivity index (χ1n) is 29.2. The fourth-order valence-electron chi connectivity index (χ4n) is 13.3. The highest BCUT2D eigenvalue weighted by atomic mass is 15.2. The second-order valence-electron chi connectivity index (χ2n) is 24.2. The molecular weight excluding hydrogens is 1000 g/mol. The highest BCUT2D eigenvalue weighted by Gasteiger charge is 2.41. The molecule has 0 atom stereocenters. The molecule has 400 valence electrons. The zero-order chi connectivity index (χ0) is 56.5. The van der Waals surface area contributed by atoms with Gasteiger partial charge in [0.15, 0.2) is 0 Å². The summed E-state index contributed by atoms with van der Waals surface area (Å²) in [6.45, 7) is 14.3. The van der Waals surface area contributed by atoms with Crippen molar-refractivity contribution in [1.82, 2.24) is 0 Å². The summed E-state index contributed by atoms with van der Waals surface area (Å²) >= 11 is 0. The molecule has 1 aliphatic rings. The van der Waals surface area contributed by atoms with Gasteiger partial charge in [0.2, 0.25) is 0 Å². The summed E-state index contributed by atoms with van der Waals surface area (Å²) in [5, 5.41) is 7.56. The average Bonchev–Trinajstić information content (AvgIpc) is 1.91. The minimum Gasteiger partial charge on any atom is -0.310 e. The van der Waals surface area contributed by atoms with Crippen molar-refractivity contribution in [2.45, 2.75) is 57.8 Å². The van der Waals surface area contributed by atoms with Crippen molar-refractivity contribution < 1.29 is 0 Å². The first-order chi connectivity index (χ1) is 40.4. The van der Waals surface area contributed by atoms with E-state index in [0.29, 0.717) is 0 Å². The Hall–Kier alpha value is -9.76. The van der Waals surface area contributed by atoms with Crippen LogP contribution in [0.3, 0.4) is 0 Å². The molecule has 0 spiro atoms. The molecule has 2 nitrogen and oxygen atoms in total. The van der Waals surface area contributed by atoms with Gasteiger partial charge >= 0.3 is 0 Å². The van der Waals surface area contributed by atoms with E-state index in [0.717, 1.165) is 34.1 Å². The highest BCUT2D eigenvalue weighted by Crippen LogP contribution is 2.58. The van der Waals surface area contributed by atoms with E-state index in [1.807, 2.05) is 0 Å². The maximum absolute atomic E-state index is 2.52. The largest absolute Gasteiger partial charge is 0.310 e. The molecule has 14 rings (SSSR count). The van der Waals surface area contributed by atoms with Gasteiger partial charge in [-0.15, -0.1) is 0 Å². The lowest BCUT2D eigenvalue weighted by Gasteiger charge is -2.34. The van der Waals surface area contributed by atoms with Crippen molar-refractivity contribution in [3.63, 3.8) is 0 Å². The Morgan fingerprint density at radius 1 is 0.289 bits per heavy atom. The van der Waals surface area contributed by atoms with Crippen LogP contribution >= 0.6 is 0 Å². The van der Waals surface area contributed by atoms with Crippen molar-refractivity contribution in [3.05, 3.63) is 325 Å². The first kappa shape index (κ1) is 51.4. The Morgan fingerprint density at radius 3 is 1.14 bits per heavy atom. The molecule has 0 unspecified atom stereocenters. The molecule has 0 fully saturated rings. The Balaban J connectivity index is 0.983. The summed E-state index contributed by atoms with van der Waals surface area (Å²) in [5.41, 5.74) is 20.6. The predicted octanol–water partition coefficient (Wildman–Crippen LogP) is 22.4. The number of hydrogen-bond acceptors (Lipinski definition) is 2. The van der Waals surface area contributed by atoms with Gasteiger partial charge in [-0.2, -0.15) is 0 Å². The Labute approximate surface area is 489 Å². The third-order valence-electron chi connectivity index (χ3n) is 18.2. The van der Waals surface area contributed by atoms with Gasteiger partial charge in [-0.1, -0.05) is 272 Å². The fourth-order valence-corrected chi connectivity index (χ4v) is 13.3. The van der Waals surface area contributed by atoms with Gasteiger partial charge in [-0.05, 0) is 154 Å². The first-order valence-corrected chi connectivity index (χ1v) is 29.2. The van der Waals surface area contributed by atoms with Gasteiger partial charge in [-0.25, -0.2) is 0 Å². The van der Waals surface area contributed by atoms with Gasteiger partial charge in [0.05, 0.1) is 5.69 Å². The Kier molecular flexibility index (Phi) is 12.6. The number of anilines is 6. The van der Waals surface area contributed by atoms with Gasteiger partial charge in [0.1, 0.15) is 0 Å². The van der Waals surface area contributed by atoms with Crippen molar-refractivity contribution >= 4 is 66.4 Å². The lowest BCUT2D eigenvalue weighted by Crippen LogP contribution is -2.20. The zero-order valence-electron chi connectivity index (χ0n) is 48.1. The van der Waals surface area contributed by atoms with Crippen LogP contribution in [0.2, 0.25) is 0 Å². The van der Waals surface area contributed by atoms with Crippen LogP contribution in [-0.2, 0) is 16.2 Å². The molecule has 0 amide bonds. The summed E-state index contributed by atoms with van der Waals surface area (Å²) < 4.78 is 0. The van der Waals surface area contributed by atoms with Crippen LogP contribution in [0.1, 0.15) is 74.9 Å². The zero-order valence-corrected chi connectivity index (χ0v) is 48.1. The minimum absolute atomic E-state index is 0.249. The van der Waals surface area contributed by atoms with E-state index < -0.39 is 0 Å². The van der Waals surface area contributed by atoms with Crippen LogP contribution in [0.15, 0.2) is 291 Å². The topological polar surface area (TPSA) is 6.48 Å². The van der Waals surface area contributed by atoms with E-state index in [1.54, 1.807) is 0 Å². The normalized spacial score (nSPS) is 12.8. The molecule has 13 aromatic carbocycles. The monoisotopic (exact) mass is 1070 g/mol. The van der Waals surface area contributed by atoms with Crippen LogP contribution in [0.25, 0.3) is 65.7 Å². The molecule has 0 N–H and O–H groups in total. The van der Waals surface area contributed by atoms with Crippen LogP contribution in [0.5, 0.6) is 0 Å². The van der Waals surface area contributed by atoms with Crippen molar-refractivity contribution in [3.8, 4) is 33.4 Å². The van der Waals surface area contributed by atoms with Crippen LogP contribution in [0.4, 0.5) is 34.1 Å². The van der Waals surface area contributed by atoms with E-state index in [9.17, 15) is 0 Å². The van der Waals surface area contributed by atoms with Gasteiger partial charge in [0, 0.05) is 50.2 Å². The van der Waals surface area contributed by atoms with E-state index in [4.69, 9.17) is 0 Å². The molecule has 0 aliphatic heterocycles. The molecule has 0 aromatic heterocycles. The smallest absolute Gasteiger partial charge is 0.0564 e. The van der Waals surface area contributed by atoms with E-state index in [-0.39, 0.29) is 16.2 Å². The second-order valence-corrected chi connectivity index (χ2v) is 24.2. The third kappa shape index (κ3) is 9.07. The van der Waals surface area contributed by atoms with Gasteiger partial charge in [-0.3, -0.25) is 0 Å². The summed E-state index contributed by atoms with van der Waals surface area (Å²) in [4.78, 5) is 5.00. The predicted molar refractivity (Wildman–Crippen MR) is 354 cm³/mol. The maximum atomic E-state index is 2.52. The van der Waals surface area contributed by atoms with E-state index in [2.05, 4.69) is 343 Å². The summed E-state index contributed by atoms with van der Waals surface area (Å²) in [6.07, 6.45) is 0. The number of benzene rings is 13. The van der Waals surface area contributed by atoms with Crippen LogP contribution < -0.4 is 9.80 Å². The minimum atomic E-state index is -0.372. The highest BCUT2D eigenvalue weighted by molar-refractivity contribution is 6.04. The molecule has 2 heteroatoms. The lowest BCUT2D eigenvalue weighted by molar-refractivity contribution is 0.642. The molecule has 0 saturated carbocycles. The van der Waals surface area contributed by atoms with Crippen molar-refractivity contribution in [1.29, 1.82) is 0 Å². The van der Waals surface area contributed by atoms with E-state index >= 15 is 0 Å². The standard InChI is InChI=1S/C81H66N2/c1-79(2,66-36-29-57-23-13-15-26-62(57)51-66)64-38-46-69(47-39-64)82(68-42-31-59(32-43-68)55-19-9-7-10-20-55)72-53-75-77(74-50-35-61-25-17-18-28-73(61)78(74)81(75,5)6)76(54-72)83(70-44-33-60(34-45-70)56-21-11-8-12-22-56)71-48-40-65(41-49-71)80(3,4)67-37-30-58-24-14-16-27-63(58)52-67/h7-54H,1-6H3. The lowest BCUT2D eigenvalue weighted by atomic mass is 9.77. The molecule has 13 aromatic rings. The van der Waals surface area contributed by atoms with Crippen LogP contribution in [0, 0.1) is 0 Å². The fraction of sp³-hybridized carbons (Fsp3) is 0.111. The number of rotatable bonds is 12. The molecule has 83 heavy (non-hydrogen) atoms. The van der Waals surface area contributed by atoms with Crippen molar-refractivity contribution in [2.75, 3.05) is 9.80 Å². The van der Waals surface area contributed by atoms with Crippen LogP contribution in [-0.4, -0.2) is 0 Å². The Morgan fingerprint density at radius 2 is 0.663 bits per heavy atom. The summed E-state index contributed by atoms with van der Waals surface area (Å²) in [6, 6.07) is 108. The second kappa shape index (κ2) is 20.3. The maximum Gasteiger partial charge on any atom is 0.0564 e. The SMILES string of the molecule is CC(C)(c1ccc(N(c2ccc(-c3ccccc3)cc2)c2cc(N(c3ccc(-c4ccccc4)cc3)c3ccc(C(C)(C)c4ccc5ccccc5c4)cc3)c3c(c2)C(C)(C)c2c-3ccc3ccccc23)cc1)c1ccc2ccccc2c1. The molecule has 0 bridgehead atoms. The van der Waals surface area contributed by atoms with Gasteiger partial charge in [0.25, 0.3) is 0 Å². The van der Waals surface area contributed by atoms with Gasteiger partial charge < -0.3 is 9.80 Å². The number of nitrogens with zero attached hydrogens (tertiary/aromatic N) is 2. The van der Waals surface area contributed by atoms with Crippen molar-refractivity contribution in [2.24, 2.45) is 0 Å². The van der Waals surface area contributed by atoms with E-state index in [1.165, 1.54) is 99.1 Å². The number of hydrogen-bond donors (Lipinski definition) is 0. The molecule has 1 aliphatic carbocycles. The molecular formula is C81H66N2. The Bertz CT molecular complexity index is 4530. The summed E-state index contributed by atoms with van der Waals surface area (Å²) in [7, 11) is 0. The molecule has 0 radical (unpaired) electrons. The third-order valence-corrected chi connectivity index (χ3v) is 18.2. The quantitative estimate of drug-likeness (QED) is 0.120. The molecule has 0 heterocycles.